The molecule has 1 heterocycles. The molecule has 32 heavy (non-hydrogen) atoms. The molecule has 1 aliphatic heterocycles. The highest BCUT2D eigenvalue weighted by Gasteiger charge is 2.52. The van der Waals surface area contributed by atoms with Gasteiger partial charge in [0.2, 0.25) is 0 Å². The molecule has 2 aliphatic rings. The fourth-order valence-electron chi connectivity index (χ4n) is 4.32. The molecule has 0 radical (unpaired) electrons. The van der Waals surface area contributed by atoms with Crippen molar-refractivity contribution >= 4 is 23.7 Å². The fourth-order valence-corrected chi connectivity index (χ4v) is 4.32. The first kappa shape index (κ1) is 23.9. The molecule has 1 aromatic carbocycles. The number of Topliss-reactive ketones (excluding diaryl/α,β-unsaturated/α-hetero) is 1. The lowest BCUT2D eigenvalue weighted by atomic mass is 9.83. The average Bonchev–Trinajstić information content (AvgIpc) is 3.32. The minimum atomic E-state index is -1.20. The van der Waals surface area contributed by atoms with Gasteiger partial charge < -0.3 is 10.1 Å². The minimum Gasteiger partial charge on any atom is -0.444 e. The van der Waals surface area contributed by atoms with Crippen molar-refractivity contribution in [2.24, 2.45) is 17.8 Å². The van der Waals surface area contributed by atoms with Crippen LogP contribution in [0.15, 0.2) is 30.3 Å². The third kappa shape index (κ3) is 5.54. The van der Waals surface area contributed by atoms with Gasteiger partial charge in [0.25, 0.3) is 11.8 Å². The Morgan fingerprint density at radius 1 is 1.09 bits per heavy atom. The van der Waals surface area contributed by atoms with Gasteiger partial charge in [0.15, 0.2) is 5.78 Å². The second-order valence-corrected chi connectivity index (χ2v) is 9.57. The van der Waals surface area contributed by atoms with Crippen LogP contribution in [-0.4, -0.2) is 40.4 Å². The van der Waals surface area contributed by atoms with Crippen LogP contribution >= 0.6 is 0 Å². The van der Waals surface area contributed by atoms with E-state index in [4.69, 9.17) is 9.57 Å². The molecule has 3 atom stereocenters. The van der Waals surface area contributed by atoms with Gasteiger partial charge in [-0.2, -0.15) is 5.06 Å². The summed E-state index contributed by atoms with van der Waals surface area (Å²) in [6.45, 7) is 6.80. The van der Waals surface area contributed by atoms with Crippen molar-refractivity contribution in [1.29, 1.82) is 0 Å². The number of benzene rings is 1. The molecule has 8 heteroatoms. The molecule has 0 unspecified atom stereocenters. The van der Waals surface area contributed by atoms with E-state index in [2.05, 4.69) is 5.32 Å². The predicted octanol–water partition coefficient (Wildman–Crippen LogP) is 3.39. The molecule has 0 bridgehead atoms. The molecule has 0 aromatic heterocycles. The molecule has 1 N–H and O–H groups in total. The Morgan fingerprint density at radius 3 is 2.31 bits per heavy atom. The standard InChI is InChI=1S/C24H32N2O6/c1-15-18(22(29)26(21(15)28)31-14-16-10-6-5-7-11-16)20(27)19(17-12-8-9-13-17)25-23(30)32-24(2,3)4/h5-7,10-11,15,17-19H,8-9,12-14H2,1-4H3,(H,25,30)/t15-,18+,19-/m0/s1. The number of carbonyl (C=O) groups is 4. The van der Waals surface area contributed by atoms with E-state index in [1.165, 1.54) is 0 Å². The third-order valence-corrected chi connectivity index (χ3v) is 5.92. The van der Waals surface area contributed by atoms with Gasteiger partial charge in [-0.1, -0.05) is 50.1 Å². The van der Waals surface area contributed by atoms with Gasteiger partial charge >= 0.3 is 6.09 Å². The quantitative estimate of drug-likeness (QED) is 0.511. The second-order valence-electron chi connectivity index (χ2n) is 9.57. The van der Waals surface area contributed by atoms with Crippen molar-refractivity contribution < 1.29 is 28.8 Å². The number of hydrogen-bond acceptors (Lipinski definition) is 6. The maximum Gasteiger partial charge on any atom is 0.408 e. The molecular formula is C24H32N2O6. The van der Waals surface area contributed by atoms with E-state index in [1.807, 2.05) is 30.3 Å². The molecule has 1 aliphatic carbocycles. The molecule has 174 valence electrons. The Bertz CT molecular complexity index is 857. The smallest absolute Gasteiger partial charge is 0.408 e. The highest BCUT2D eigenvalue weighted by atomic mass is 16.7. The van der Waals surface area contributed by atoms with Crippen molar-refractivity contribution in [3.8, 4) is 0 Å². The lowest BCUT2D eigenvalue weighted by Crippen LogP contribution is -2.51. The number of amides is 3. The highest BCUT2D eigenvalue weighted by Crippen LogP contribution is 2.34. The summed E-state index contributed by atoms with van der Waals surface area (Å²) in [5.74, 6) is -3.85. The van der Waals surface area contributed by atoms with Gasteiger partial charge in [0.05, 0.1) is 12.0 Å². The number of ether oxygens (including phenoxy) is 1. The zero-order chi connectivity index (χ0) is 23.5. The van der Waals surface area contributed by atoms with Gasteiger partial charge in [0, 0.05) is 0 Å². The number of alkyl carbamates (subject to hydrolysis) is 1. The van der Waals surface area contributed by atoms with Crippen LogP contribution < -0.4 is 5.32 Å². The van der Waals surface area contributed by atoms with E-state index in [-0.39, 0.29) is 12.5 Å². The molecule has 3 rings (SSSR count). The van der Waals surface area contributed by atoms with Crippen LogP contribution in [0.4, 0.5) is 4.79 Å². The molecular weight excluding hydrogens is 412 g/mol. The number of imide groups is 1. The Morgan fingerprint density at radius 2 is 1.72 bits per heavy atom. The van der Waals surface area contributed by atoms with E-state index in [0.29, 0.717) is 5.06 Å². The molecule has 1 saturated carbocycles. The summed E-state index contributed by atoms with van der Waals surface area (Å²) in [4.78, 5) is 57.2. The zero-order valence-corrected chi connectivity index (χ0v) is 19.1. The average molecular weight is 445 g/mol. The van der Waals surface area contributed by atoms with Crippen molar-refractivity contribution in [3.63, 3.8) is 0 Å². The Labute approximate surface area is 188 Å². The predicted molar refractivity (Wildman–Crippen MR) is 116 cm³/mol. The first-order chi connectivity index (χ1) is 15.1. The molecule has 1 aromatic rings. The van der Waals surface area contributed by atoms with Crippen molar-refractivity contribution in [3.05, 3.63) is 35.9 Å². The van der Waals surface area contributed by atoms with E-state index < -0.39 is 47.2 Å². The Kier molecular flexibility index (Phi) is 7.33. The molecule has 1 saturated heterocycles. The lowest BCUT2D eigenvalue weighted by molar-refractivity contribution is -0.193. The summed E-state index contributed by atoms with van der Waals surface area (Å²) in [5, 5.41) is 3.39. The lowest BCUT2D eigenvalue weighted by Gasteiger charge is -2.28. The van der Waals surface area contributed by atoms with Gasteiger partial charge in [-0.25, -0.2) is 4.79 Å². The largest absolute Gasteiger partial charge is 0.444 e. The second kappa shape index (κ2) is 9.81. The Balaban J connectivity index is 1.75. The number of nitrogens with one attached hydrogen (secondary N) is 1. The van der Waals surface area contributed by atoms with Crippen LogP contribution in [0.25, 0.3) is 0 Å². The number of rotatable bonds is 7. The van der Waals surface area contributed by atoms with Crippen LogP contribution in [0.3, 0.4) is 0 Å². The Hall–Kier alpha value is -2.74. The van der Waals surface area contributed by atoms with Crippen LogP contribution in [0.1, 0.15) is 58.9 Å². The highest BCUT2D eigenvalue weighted by molar-refractivity contribution is 6.16. The van der Waals surface area contributed by atoms with Gasteiger partial charge in [-0.3, -0.25) is 19.2 Å². The SMILES string of the molecule is C[C@@H]1C(=O)N(OCc2ccccc2)C(=O)[C@H]1C(=O)[C@@H](NC(=O)OC(C)(C)C)C1CCCC1. The van der Waals surface area contributed by atoms with E-state index in [0.717, 1.165) is 31.2 Å². The number of nitrogens with zero attached hydrogens (tertiary/aromatic N) is 1. The van der Waals surface area contributed by atoms with E-state index in [1.54, 1.807) is 27.7 Å². The van der Waals surface area contributed by atoms with Gasteiger partial charge in [-0.05, 0) is 45.1 Å². The maximum absolute atomic E-state index is 13.5. The first-order valence-electron chi connectivity index (χ1n) is 11.2. The monoisotopic (exact) mass is 444 g/mol. The van der Waals surface area contributed by atoms with Crippen molar-refractivity contribution in [2.75, 3.05) is 0 Å². The summed E-state index contributed by atoms with van der Waals surface area (Å²) in [5.41, 5.74) is 0.0768. The van der Waals surface area contributed by atoms with Crippen molar-refractivity contribution in [2.45, 2.75) is 71.6 Å². The molecule has 2 fully saturated rings. The van der Waals surface area contributed by atoms with Crippen molar-refractivity contribution in [1.82, 2.24) is 10.4 Å². The van der Waals surface area contributed by atoms with Crippen LogP contribution in [-0.2, 0) is 30.6 Å². The number of hydrogen-bond donors (Lipinski definition) is 1. The van der Waals surface area contributed by atoms with E-state index in [9.17, 15) is 19.2 Å². The number of carbonyl (C=O) groups excluding carboxylic acids is 4. The normalized spacial score (nSPS) is 22.8. The summed E-state index contributed by atoms with van der Waals surface area (Å²) < 4.78 is 5.33. The maximum atomic E-state index is 13.5. The van der Waals surface area contributed by atoms with Crippen LogP contribution in [0, 0.1) is 17.8 Å². The van der Waals surface area contributed by atoms with Crippen LogP contribution in [0.2, 0.25) is 0 Å². The zero-order valence-electron chi connectivity index (χ0n) is 19.1. The number of hydroxylamine groups is 2. The van der Waals surface area contributed by atoms with Crippen LogP contribution in [0.5, 0.6) is 0 Å². The molecule has 8 nitrogen and oxygen atoms in total. The summed E-state index contributed by atoms with van der Waals surface area (Å²) in [7, 11) is 0. The minimum absolute atomic E-state index is 0.0359. The topological polar surface area (TPSA) is 102 Å². The fraction of sp³-hybridized carbons (Fsp3) is 0.583. The molecule has 3 amide bonds. The number of ketones is 1. The molecule has 0 spiro atoms. The third-order valence-electron chi connectivity index (χ3n) is 5.92. The summed E-state index contributed by atoms with van der Waals surface area (Å²) in [6.07, 6.45) is 2.73. The summed E-state index contributed by atoms with van der Waals surface area (Å²) >= 11 is 0. The first-order valence-corrected chi connectivity index (χ1v) is 11.2. The van der Waals surface area contributed by atoms with E-state index >= 15 is 0 Å². The van der Waals surface area contributed by atoms with Gasteiger partial charge in [-0.15, -0.1) is 0 Å². The summed E-state index contributed by atoms with van der Waals surface area (Å²) in [6, 6.07) is 8.26. The van der Waals surface area contributed by atoms with Gasteiger partial charge in [0.1, 0.15) is 18.1 Å².